The van der Waals surface area contributed by atoms with E-state index in [9.17, 15) is 8.92 Å². The Kier molecular flexibility index (Phi) is 2.79. The minimum atomic E-state index is -0.519. The van der Waals surface area contributed by atoms with E-state index in [1.165, 1.54) is 12.1 Å². The Morgan fingerprint density at radius 3 is 2.73 bits per heavy atom. The van der Waals surface area contributed by atoms with Gasteiger partial charge in [0, 0.05) is 0 Å². The third-order valence-corrected chi connectivity index (χ3v) is 1.49. The SMILES string of the molecule is FOCc1ccc(F)c(Cl)c1. The van der Waals surface area contributed by atoms with Crippen molar-refractivity contribution in [2.75, 3.05) is 0 Å². The average Bonchev–Trinajstić information content (AvgIpc) is 1.98. The molecule has 0 N–H and O–H groups in total. The molecule has 0 amide bonds. The van der Waals surface area contributed by atoms with E-state index >= 15 is 0 Å². The lowest BCUT2D eigenvalue weighted by molar-refractivity contribution is -0.144. The molecule has 0 saturated carbocycles. The highest BCUT2D eigenvalue weighted by atomic mass is 35.5. The summed E-state index contributed by atoms with van der Waals surface area (Å²) >= 11 is 5.40. The van der Waals surface area contributed by atoms with Crippen LogP contribution in [0, 0.1) is 5.82 Å². The molecule has 0 bridgehead atoms. The number of halogens is 3. The lowest BCUT2D eigenvalue weighted by Gasteiger charge is -1.97. The molecular formula is C7H5ClF2O. The molecule has 1 rings (SSSR count). The van der Waals surface area contributed by atoms with Crippen molar-refractivity contribution in [1.29, 1.82) is 0 Å². The second-order valence-electron chi connectivity index (χ2n) is 2.00. The highest BCUT2D eigenvalue weighted by molar-refractivity contribution is 6.30. The summed E-state index contributed by atoms with van der Waals surface area (Å²) in [6.45, 7) is -0.208. The Morgan fingerprint density at radius 1 is 1.45 bits per heavy atom. The number of hydrogen-bond acceptors (Lipinski definition) is 1. The summed E-state index contributed by atoms with van der Waals surface area (Å²) < 4.78 is 23.7. The Bertz CT molecular complexity index is 252. The number of rotatable bonds is 2. The Morgan fingerprint density at radius 2 is 2.18 bits per heavy atom. The van der Waals surface area contributed by atoms with Crippen molar-refractivity contribution < 1.29 is 13.9 Å². The van der Waals surface area contributed by atoms with Crippen LogP contribution in [-0.4, -0.2) is 0 Å². The van der Waals surface area contributed by atoms with Crippen LogP contribution in [0.1, 0.15) is 5.56 Å². The van der Waals surface area contributed by atoms with Gasteiger partial charge in [-0.1, -0.05) is 17.7 Å². The zero-order chi connectivity index (χ0) is 8.27. The predicted octanol–water partition coefficient (Wildman–Crippen LogP) is 2.88. The van der Waals surface area contributed by atoms with Crippen LogP contribution < -0.4 is 0 Å². The van der Waals surface area contributed by atoms with Crippen molar-refractivity contribution in [3.63, 3.8) is 0 Å². The van der Waals surface area contributed by atoms with Gasteiger partial charge in [-0.05, 0) is 22.2 Å². The molecule has 0 spiro atoms. The van der Waals surface area contributed by atoms with Crippen molar-refractivity contribution in [1.82, 2.24) is 0 Å². The molecule has 1 nitrogen and oxygen atoms in total. The molecule has 0 unspecified atom stereocenters. The fourth-order valence-electron chi connectivity index (χ4n) is 0.692. The second-order valence-corrected chi connectivity index (χ2v) is 2.41. The van der Waals surface area contributed by atoms with Crippen LogP contribution in [0.25, 0.3) is 0 Å². The van der Waals surface area contributed by atoms with Crippen molar-refractivity contribution in [3.8, 4) is 0 Å². The zero-order valence-electron chi connectivity index (χ0n) is 5.48. The molecule has 0 saturated heterocycles. The summed E-state index contributed by atoms with van der Waals surface area (Å²) in [5, 5.41) is -0.0282. The van der Waals surface area contributed by atoms with Crippen molar-refractivity contribution in [2.45, 2.75) is 6.61 Å². The Labute approximate surface area is 67.4 Å². The molecule has 0 aliphatic heterocycles. The topological polar surface area (TPSA) is 9.23 Å². The summed E-state index contributed by atoms with van der Waals surface area (Å²) in [5.74, 6) is -0.519. The van der Waals surface area contributed by atoms with Crippen molar-refractivity contribution in [2.24, 2.45) is 0 Å². The van der Waals surface area contributed by atoms with E-state index in [0.29, 0.717) is 5.56 Å². The molecule has 0 aromatic heterocycles. The van der Waals surface area contributed by atoms with Gasteiger partial charge in [0.25, 0.3) is 0 Å². The molecule has 0 radical (unpaired) electrons. The van der Waals surface area contributed by atoms with Crippen LogP contribution in [0.2, 0.25) is 5.02 Å². The molecule has 60 valence electrons. The third-order valence-electron chi connectivity index (χ3n) is 1.21. The van der Waals surface area contributed by atoms with E-state index in [-0.39, 0.29) is 11.6 Å². The van der Waals surface area contributed by atoms with E-state index in [4.69, 9.17) is 11.6 Å². The monoisotopic (exact) mass is 178 g/mol. The summed E-state index contributed by atoms with van der Waals surface area (Å²) in [6.07, 6.45) is 0. The molecule has 1 aromatic rings. The first-order valence-corrected chi connectivity index (χ1v) is 3.29. The molecule has 0 atom stereocenters. The molecule has 0 fully saturated rings. The van der Waals surface area contributed by atoms with E-state index in [0.717, 1.165) is 6.07 Å². The normalized spacial score (nSPS) is 10.1. The maximum absolute atomic E-state index is 12.5. The predicted molar refractivity (Wildman–Crippen MR) is 37.3 cm³/mol. The van der Waals surface area contributed by atoms with Gasteiger partial charge < -0.3 is 0 Å². The molecule has 0 heterocycles. The Hall–Kier alpha value is -0.670. The van der Waals surface area contributed by atoms with Crippen LogP contribution in [0.4, 0.5) is 8.92 Å². The van der Waals surface area contributed by atoms with Gasteiger partial charge in [-0.2, -0.15) is 4.94 Å². The molecule has 11 heavy (non-hydrogen) atoms. The van der Waals surface area contributed by atoms with Crippen LogP contribution in [0.5, 0.6) is 0 Å². The Balaban J connectivity index is 2.86. The fraction of sp³-hybridized carbons (Fsp3) is 0.143. The van der Waals surface area contributed by atoms with Gasteiger partial charge >= 0.3 is 0 Å². The summed E-state index contributed by atoms with van der Waals surface area (Å²) in [5.41, 5.74) is 0.499. The minimum absolute atomic E-state index is 0.0282. The van der Waals surface area contributed by atoms with Crippen LogP contribution >= 0.6 is 11.6 Å². The minimum Gasteiger partial charge on any atom is -0.205 e. The maximum atomic E-state index is 12.5. The molecule has 0 aliphatic rings. The third kappa shape index (κ3) is 2.13. The quantitative estimate of drug-likeness (QED) is 0.677. The van der Waals surface area contributed by atoms with E-state index in [1.54, 1.807) is 0 Å². The maximum Gasteiger partial charge on any atom is 0.141 e. The highest BCUT2D eigenvalue weighted by Gasteiger charge is 2.00. The zero-order valence-corrected chi connectivity index (χ0v) is 6.24. The number of benzene rings is 1. The van der Waals surface area contributed by atoms with Gasteiger partial charge in [-0.25, -0.2) is 4.39 Å². The first-order chi connectivity index (χ1) is 5.24. The average molecular weight is 179 g/mol. The lowest BCUT2D eigenvalue weighted by Crippen LogP contribution is -1.85. The summed E-state index contributed by atoms with van der Waals surface area (Å²) in [7, 11) is 0. The van der Waals surface area contributed by atoms with E-state index < -0.39 is 5.82 Å². The molecule has 1 aromatic carbocycles. The van der Waals surface area contributed by atoms with Crippen LogP contribution in [0.15, 0.2) is 18.2 Å². The summed E-state index contributed by atoms with van der Waals surface area (Å²) in [6, 6.07) is 3.88. The fourth-order valence-corrected chi connectivity index (χ4v) is 0.896. The smallest absolute Gasteiger partial charge is 0.141 e. The van der Waals surface area contributed by atoms with Gasteiger partial charge in [-0.15, -0.1) is 0 Å². The van der Waals surface area contributed by atoms with E-state index in [1.807, 2.05) is 0 Å². The highest BCUT2D eigenvalue weighted by Crippen LogP contribution is 2.16. The van der Waals surface area contributed by atoms with Crippen LogP contribution in [-0.2, 0) is 11.5 Å². The first-order valence-electron chi connectivity index (χ1n) is 2.91. The molecule has 4 heteroatoms. The lowest BCUT2D eigenvalue weighted by atomic mass is 10.2. The summed E-state index contributed by atoms with van der Waals surface area (Å²) in [4.78, 5) is 3.34. The molecule has 0 aliphatic carbocycles. The van der Waals surface area contributed by atoms with Crippen molar-refractivity contribution >= 4 is 11.6 Å². The molecular weight excluding hydrogens is 174 g/mol. The van der Waals surface area contributed by atoms with Gasteiger partial charge in [0.15, 0.2) is 0 Å². The van der Waals surface area contributed by atoms with Crippen molar-refractivity contribution in [3.05, 3.63) is 34.6 Å². The van der Waals surface area contributed by atoms with Gasteiger partial charge in [0.05, 0.1) is 5.02 Å². The standard InChI is InChI=1S/C7H5ClF2O/c8-6-3-5(4-11-10)1-2-7(6)9/h1-3H,4H2. The van der Waals surface area contributed by atoms with E-state index in [2.05, 4.69) is 4.94 Å². The first kappa shape index (κ1) is 8.43. The van der Waals surface area contributed by atoms with Gasteiger partial charge in [-0.3, -0.25) is 0 Å². The van der Waals surface area contributed by atoms with Gasteiger partial charge in [0.1, 0.15) is 12.4 Å². The largest absolute Gasteiger partial charge is 0.205 e. The van der Waals surface area contributed by atoms with Crippen LogP contribution in [0.3, 0.4) is 0 Å². The van der Waals surface area contributed by atoms with Gasteiger partial charge in [0.2, 0.25) is 0 Å². The number of hydrogen-bond donors (Lipinski definition) is 0. The second kappa shape index (κ2) is 3.64.